The summed E-state index contributed by atoms with van der Waals surface area (Å²) in [5, 5.41) is 2.71. The number of carbonyl (C=O) groups is 3. The fourth-order valence-corrected chi connectivity index (χ4v) is 3.22. The molecule has 8 heteroatoms. The van der Waals surface area contributed by atoms with Crippen molar-refractivity contribution >= 4 is 35.2 Å². The molecule has 8 nitrogen and oxygen atoms in total. The van der Waals surface area contributed by atoms with Gasteiger partial charge >= 0.3 is 5.97 Å². The molecule has 174 valence electrons. The molecule has 2 aromatic rings. The Kier molecular flexibility index (Phi) is 8.46. The van der Waals surface area contributed by atoms with Crippen molar-refractivity contribution in [3.05, 3.63) is 54.1 Å². The van der Waals surface area contributed by atoms with Gasteiger partial charge in [0, 0.05) is 6.08 Å². The Balaban J connectivity index is 1.58. The molecule has 0 atom stereocenters. The molecular weight excluding hydrogens is 424 g/mol. The summed E-state index contributed by atoms with van der Waals surface area (Å²) in [7, 11) is 0. The first-order valence-electron chi connectivity index (χ1n) is 11.0. The zero-order valence-corrected chi connectivity index (χ0v) is 18.8. The number of nitrogens with zero attached hydrogens (tertiary/aromatic N) is 1. The Morgan fingerprint density at radius 2 is 1.91 bits per heavy atom. The van der Waals surface area contributed by atoms with Gasteiger partial charge in [0.1, 0.15) is 6.54 Å². The molecule has 0 bridgehead atoms. The molecular formula is C25H28N2O6. The van der Waals surface area contributed by atoms with Crippen LogP contribution < -0.4 is 19.7 Å². The van der Waals surface area contributed by atoms with Crippen molar-refractivity contribution in [2.24, 2.45) is 0 Å². The quantitative estimate of drug-likeness (QED) is 0.335. The van der Waals surface area contributed by atoms with Crippen LogP contribution in [0.15, 0.2) is 48.5 Å². The van der Waals surface area contributed by atoms with Gasteiger partial charge in [-0.25, -0.2) is 4.79 Å². The van der Waals surface area contributed by atoms with Crippen LogP contribution in [0, 0.1) is 0 Å². The number of amides is 2. The fourth-order valence-electron chi connectivity index (χ4n) is 3.22. The average molecular weight is 453 g/mol. The lowest BCUT2D eigenvalue weighted by atomic mass is 10.2. The van der Waals surface area contributed by atoms with Crippen LogP contribution in [0.4, 0.5) is 11.4 Å². The summed E-state index contributed by atoms with van der Waals surface area (Å²) in [6.07, 6.45) is 4.81. The largest absolute Gasteiger partial charge is 0.490 e. The van der Waals surface area contributed by atoms with E-state index < -0.39 is 18.5 Å². The predicted octanol–water partition coefficient (Wildman–Crippen LogP) is 3.81. The first-order valence-corrected chi connectivity index (χ1v) is 11.0. The lowest BCUT2D eigenvalue weighted by Crippen LogP contribution is -2.43. The van der Waals surface area contributed by atoms with Gasteiger partial charge in [-0.2, -0.15) is 0 Å². The van der Waals surface area contributed by atoms with Crippen molar-refractivity contribution in [1.29, 1.82) is 0 Å². The highest BCUT2D eigenvalue weighted by molar-refractivity contribution is 6.10. The highest BCUT2D eigenvalue weighted by Crippen LogP contribution is 2.30. The molecule has 0 fully saturated rings. The number of ether oxygens (including phenoxy) is 3. The van der Waals surface area contributed by atoms with Crippen LogP contribution in [0.1, 0.15) is 32.3 Å². The number of para-hydroxylation sites is 2. The number of nitrogens with one attached hydrogen (secondary N) is 1. The van der Waals surface area contributed by atoms with Crippen molar-refractivity contribution in [3.63, 3.8) is 0 Å². The monoisotopic (exact) mass is 452 g/mol. The SMILES string of the molecule is CCCCOc1ccc(C=CC(=O)OCC(=O)N2CC(=O)Nc3ccccc32)cc1OCC. The number of unbranched alkanes of at least 4 members (excludes halogenated alkanes) is 1. The molecule has 1 N–H and O–H groups in total. The third kappa shape index (κ3) is 6.58. The van der Waals surface area contributed by atoms with E-state index in [0.29, 0.717) is 36.1 Å². The Hall–Kier alpha value is -3.81. The smallest absolute Gasteiger partial charge is 0.331 e. The third-order valence-electron chi connectivity index (χ3n) is 4.84. The van der Waals surface area contributed by atoms with Crippen molar-refractivity contribution in [3.8, 4) is 11.5 Å². The molecule has 0 unspecified atom stereocenters. The molecule has 0 radical (unpaired) electrons. The Morgan fingerprint density at radius 3 is 2.70 bits per heavy atom. The first kappa shape index (κ1) is 23.8. The normalized spacial score (nSPS) is 12.8. The minimum atomic E-state index is -0.667. The molecule has 0 saturated carbocycles. The maximum absolute atomic E-state index is 12.6. The van der Waals surface area contributed by atoms with Gasteiger partial charge in [-0.05, 0) is 49.2 Å². The van der Waals surface area contributed by atoms with Crippen molar-refractivity contribution in [2.75, 3.05) is 36.6 Å². The highest BCUT2D eigenvalue weighted by atomic mass is 16.5. The van der Waals surface area contributed by atoms with E-state index in [0.717, 1.165) is 18.4 Å². The standard InChI is InChI=1S/C25H28N2O6/c1-3-5-14-32-21-12-10-18(15-22(21)31-4-2)11-13-25(30)33-17-24(29)27-16-23(28)26-19-8-6-7-9-20(19)27/h6-13,15H,3-5,14,16-17H2,1-2H3,(H,26,28). The van der Waals surface area contributed by atoms with Gasteiger partial charge in [0.25, 0.3) is 5.91 Å². The molecule has 0 aromatic heterocycles. The summed E-state index contributed by atoms with van der Waals surface area (Å²) in [6, 6.07) is 12.3. The molecule has 0 aliphatic carbocycles. The maximum Gasteiger partial charge on any atom is 0.331 e. The van der Waals surface area contributed by atoms with Crippen LogP contribution >= 0.6 is 0 Å². The number of anilines is 2. The van der Waals surface area contributed by atoms with E-state index in [1.165, 1.54) is 11.0 Å². The molecule has 1 heterocycles. The maximum atomic E-state index is 12.6. The lowest BCUT2D eigenvalue weighted by Gasteiger charge is -2.28. The minimum Gasteiger partial charge on any atom is -0.490 e. The van der Waals surface area contributed by atoms with E-state index >= 15 is 0 Å². The van der Waals surface area contributed by atoms with Crippen LogP contribution in [0.25, 0.3) is 6.08 Å². The van der Waals surface area contributed by atoms with Gasteiger partial charge in [-0.3, -0.25) is 14.5 Å². The van der Waals surface area contributed by atoms with Gasteiger partial charge in [0.2, 0.25) is 5.91 Å². The Morgan fingerprint density at radius 1 is 1.09 bits per heavy atom. The number of hydrogen-bond acceptors (Lipinski definition) is 6. The fraction of sp³-hybridized carbons (Fsp3) is 0.320. The van der Waals surface area contributed by atoms with E-state index in [-0.39, 0.29) is 12.5 Å². The highest BCUT2D eigenvalue weighted by Gasteiger charge is 2.27. The molecule has 0 saturated heterocycles. The predicted molar refractivity (Wildman–Crippen MR) is 125 cm³/mol. The number of hydrogen-bond donors (Lipinski definition) is 1. The van der Waals surface area contributed by atoms with Crippen LogP contribution in [0.3, 0.4) is 0 Å². The molecule has 0 spiro atoms. The second kappa shape index (κ2) is 11.7. The lowest BCUT2D eigenvalue weighted by molar-refractivity contribution is -0.143. The second-order valence-electron chi connectivity index (χ2n) is 7.33. The van der Waals surface area contributed by atoms with Gasteiger partial charge in [-0.1, -0.05) is 31.5 Å². The zero-order chi connectivity index (χ0) is 23.6. The van der Waals surface area contributed by atoms with Crippen LogP contribution in [-0.2, 0) is 19.1 Å². The summed E-state index contributed by atoms with van der Waals surface area (Å²) in [5.41, 5.74) is 1.84. The summed E-state index contributed by atoms with van der Waals surface area (Å²) in [4.78, 5) is 37.9. The number of fused-ring (bicyclic) bond motifs is 1. The van der Waals surface area contributed by atoms with E-state index in [9.17, 15) is 14.4 Å². The summed E-state index contributed by atoms with van der Waals surface area (Å²) >= 11 is 0. The van der Waals surface area contributed by atoms with Gasteiger partial charge in [0.05, 0.1) is 24.6 Å². The van der Waals surface area contributed by atoms with Gasteiger partial charge in [-0.15, -0.1) is 0 Å². The average Bonchev–Trinajstić information content (AvgIpc) is 2.82. The summed E-state index contributed by atoms with van der Waals surface area (Å²) in [6.45, 7) is 4.47. The number of esters is 1. The summed E-state index contributed by atoms with van der Waals surface area (Å²) < 4.78 is 16.5. The Bertz CT molecular complexity index is 1030. The number of carbonyl (C=O) groups excluding carboxylic acids is 3. The van der Waals surface area contributed by atoms with Crippen molar-refractivity contribution in [2.45, 2.75) is 26.7 Å². The van der Waals surface area contributed by atoms with E-state index in [2.05, 4.69) is 12.2 Å². The van der Waals surface area contributed by atoms with Gasteiger partial charge < -0.3 is 19.5 Å². The van der Waals surface area contributed by atoms with E-state index in [1.807, 2.05) is 13.0 Å². The molecule has 1 aliphatic heterocycles. The minimum absolute atomic E-state index is 0.129. The molecule has 2 amide bonds. The zero-order valence-electron chi connectivity index (χ0n) is 18.8. The van der Waals surface area contributed by atoms with Crippen LogP contribution in [0.2, 0.25) is 0 Å². The van der Waals surface area contributed by atoms with E-state index in [1.54, 1.807) is 42.5 Å². The molecule has 1 aliphatic rings. The van der Waals surface area contributed by atoms with Crippen molar-refractivity contribution in [1.82, 2.24) is 0 Å². The van der Waals surface area contributed by atoms with Crippen LogP contribution in [-0.4, -0.2) is 44.1 Å². The van der Waals surface area contributed by atoms with Crippen molar-refractivity contribution < 1.29 is 28.6 Å². The third-order valence-corrected chi connectivity index (χ3v) is 4.84. The number of benzene rings is 2. The molecule has 2 aromatic carbocycles. The molecule has 33 heavy (non-hydrogen) atoms. The second-order valence-corrected chi connectivity index (χ2v) is 7.33. The summed E-state index contributed by atoms with van der Waals surface area (Å²) in [5.74, 6) is -0.200. The number of rotatable bonds is 10. The van der Waals surface area contributed by atoms with Crippen LogP contribution in [0.5, 0.6) is 11.5 Å². The first-order chi connectivity index (χ1) is 16.0. The van der Waals surface area contributed by atoms with E-state index in [4.69, 9.17) is 14.2 Å². The molecule has 3 rings (SSSR count). The van der Waals surface area contributed by atoms with Gasteiger partial charge in [0.15, 0.2) is 18.1 Å². The Labute approximate surface area is 193 Å². The topological polar surface area (TPSA) is 94.2 Å².